The molecule has 0 aliphatic heterocycles. The fourth-order valence-corrected chi connectivity index (χ4v) is 3.58. The van der Waals surface area contributed by atoms with Crippen LogP contribution >= 0.6 is 0 Å². The number of benzene rings is 2. The van der Waals surface area contributed by atoms with Gasteiger partial charge in [0.2, 0.25) is 0 Å². The summed E-state index contributed by atoms with van der Waals surface area (Å²) in [6, 6.07) is 8.39. The molecule has 2 aromatic carbocycles. The Kier molecular flexibility index (Phi) is 3.34. The van der Waals surface area contributed by atoms with Gasteiger partial charge in [0.05, 0.1) is 0 Å². The fourth-order valence-electron chi connectivity index (χ4n) is 1.79. The number of hydrogen-bond donors (Lipinski definition) is 3. The van der Waals surface area contributed by atoms with Crippen molar-refractivity contribution < 1.29 is 31.0 Å². The molecule has 0 radical (unpaired) electrons. The van der Waals surface area contributed by atoms with Crippen molar-refractivity contribution in [2.24, 2.45) is 0 Å². The lowest BCUT2D eigenvalue weighted by molar-refractivity contribution is 0.457. The highest BCUT2D eigenvalue weighted by Crippen LogP contribution is 2.37. The van der Waals surface area contributed by atoms with E-state index in [-0.39, 0.29) is 5.39 Å². The van der Waals surface area contributed by atoms with E-state index in [0.29, 0.717) is 5.39 Å². The van der Waals surface area contributed by atoms with Crippen LogP contribution in [0.2, 0.25) is 0 Å². The zero-order chi connectivity index (χ0) is 15.1. The number of fused-ring (bicyclic) bond motifs is 1. The molecule has 0 aliphatic rings. The molecule has 0 amide bonds. The minimum Gasteiger partial charge on any atom is -0.506 e. The highest BCUT2D eigenvalue weighted by molar-refractivity contribution is 8.05. The van der Waals surface area contributed by atoms with Crippen LogP contribution < -0.4 is 3.71 Å². The zero-order valence-electron chi connectivity index (χ0n) is 9.70. The van der Waals surface area contributed by atoms with Crippen LogP contribution in [-0.2, 0) is 20.6 Å². The Morgan fingerprint density at radius 3 is 1.95 bits per heavy atom. The summed E-state index contributed by atoms with van der Waals surface area (Å²) in [5, 5.41) is 10.1. The van der Waals surface area contributed by atoms with E-state index >= 15 is 0 Å². The highest BCUT2D eigenvalue weighted by atomic mass is 32.3. The van der Waals surface area contributed by atoms with E-state index in [1.165, 1.54) is 24.3 Å². The fraction of sp³-hybridized carbons (Fsp3) is 0. The first-order valence-corrected chi connectivity index (χ1v) is 7.88. The molecule has 0 unspecified atom stereocenters. The Balaban J connectivity index is 2.95. The molecule has 8 nitrogen and oxygen atoms in total. The molecule has 108 valence electrons. The third-order valence-corrected chi connectivity index (χ3v) is 4.81. The zero-order valence-corrected chi connectivity index (χ0v) is 11.3. The second-order valence-electron chi connectivity index (χ2n) is 3.81. The summed E-state index contributed by atoms with van der Waals surface area (Å²) in [6.45, 7) is 0. The number of hydrogen-bond acceptors (Lipinski definition) is 5. The summed E-state index contributed by atoms with van der Waals surface area (Å²) in [4.78, 5) is 0. The molecular formula is C10H9NO7S2. The summed E-state index contributed by atoms with van der Waals surface area (Å²) >= 11 is 0. The number of nitrogens with zero attached hydrogens (tertiary/aromatic N) is 1. The number of phenols is 1. The Hall–Kier alpha value is -1.88. The predicted octanol–water partition coefficient (Wildman–Crippen LogP) is 0.957. The molecule has 0 atom stereocenters. The monoisotopic (exact) mass is 319 g/mol. The lowest BCUT2D eigenvalue weighted by atomic mass is 10.1. The first-order valence-electron chi connectivity index (χ1n) is 5.08. The van der Waals surface area contributed by atoms with Gasteiger partial charge in [0.15, 0.2) is 0 Å². The number of anilines is 1. The lowest BCUT2D eigenvalue weighted by Gasteiger charge is -2.19. The molecule has 3 N–H and O–H groups in total. The lowest BCUT2D eigenvalue weighted by Crippen LogP contribution is -2.36. The van der Waals surface area contributed by atoms with Crippen molar-refractivity contribution in [2.75, 3.05) is 3.71 Å². The predicted molar refractivity (Wildman–Crippen MR) is 71.2 cm³/mol. The Labute approximate surface area is 114 Å². The minimum absolute atomic E-state index is 0.0164. The summed E-state index contributed by atoms with van der Waals surface area (Å²) in [5.41, 5.74) is -0.756. The quantitative estimate of drug-likeness (QED) is 0.718. The number of phenolic OH excluding ortho intramolecular Hbond substituents is 1. The van der Waals surface area contributed by atoms with E-state index in [0.717, 1.165) is 6.07 Å². The van der Waals surface area contributed by atoms with Crippen LogP contribution in [0, 0.1) is 0 Å². The van der Waals surface area contributed by atoms with E-state index in [2.05, 4.69) is 0 Å². The maximum atomic E-state index is 11.2. The van der Waals surface area contributed by atoms with Gasteiger partial charge >= 0.3 is 20.6 Å². The number of rotatable bonds is 3. The molecule has 0 aromatic heterocycles. The summed E-state index contributed by atoms with van der Waals surface area (Å²) in [7, 11) is -10.7. The molecule has 2 rings (SSSR count). The van der Waals surface area contributed by atoms with E-state index in [9.17, 15) is 21.9 Å². The second kappa shape index (κ2) is 4.59. The topological polar surface area (TPSA) is 132 Å². The van der Waals surface area contributed by atoms with Gasteiger partial charge in [0.1, 0.15) is 11.4 Å². The van der Waals surface area contributed by atoms with E-state index in [4.69, 9.17) is 9.11 Å². The summed E-state index contributed by atoms with van der Waals surface area (Å²) in [5.74, 6) is -0.737. The van der Waals surface area contributed by atoms with Gasteiger partial charge < -0.3 is 5.11 Å². The van der Waals surface area contributed by atoms with Crippen molar-refractivity contribution in [1.82, 2.24) is 0 Å². The highest BCUT2D eigenvalue weighted by Gasteiger charge is 2.35. The van der Waals surface area contributed by atoms with Gasteiger partial charge in [-0.2, -0.15) is 16.8 Å². The van der Waals surface area contributed by atoms with Crippen molar-refractivity contribution in [2.45, 2.75) is 0 Å². The van der Waals surface area contributed by atoms with Crippen LogP contribution in [0.25, 0.3) is 10.8 Å². The van der Waals surface area contributed by atoms with Gasteiger partial charge in [-0.3, -0.25) is 9.11 Å². The first kappa shape index (κ1) is 14.5. The van der Waals surface area contributed by atoms with Crippen LogP contribution in [0.15, 0.2) is 36.4 Å². The average molecular weight is 319 g/mol. The van der Waals surface area contributed by atoms with Gasteiger partial charge in [-0.1, -0.05) is 30.3 Å². The molecule has 0 heterocycles. The van der Waals surface area contributed by atoms with Gasteiger partial charge in [0, 0.05) is 5.39 Å². The van der Waals surface area contributed by atoms with Crippen molar-refractivity contribution >= 4 is 37.1 Å². The van der Waals surface area contributed by atoms with Crippen LogP contribution in [0.5, 0.6) is 5.75 Å². The first-order chi connectivity index (χ1) is 9.12. The smallest absolute Gasteiger partial charge is 0.375 e. The SMILES string of the molecule is O=S(=O)(O)N(c1c(O)ccc2ccccc12)S(=O)(=O)O. The van der Waals surface area contributed by atoms with E-state index in [1.54, 1.807) is 6.07 Å². The Morgan fingerprint density at radius 1 is 0.850 bits per heavy atom. The maximum absolute atomic E-state index is 11.2. The third-order valence-electron chi connectivity index (χ3n) is 2.48. The summed E-state index contributed by atoms with van der Waals surface area (Å²) < 4.78 is 62.2. The van der Waals surface area contributed by atoms with E-state index in [1.807, 2.05) is 0 Å². The van der Waals surface area contributed by atoms with Crippen LogP contribution in [-0.4, -0.2) is 31.0 Å². The summed E-state index contributed by atoms with van der Waals surface area (Å²) in [6.07, 6.45) is 0. The largest absolute Gasteiger partial charge is 0.506 e. The minimum atomic E-state index is -5.35. The van der Waals surface area contributed by atoms with Crippen molar-refractivity contribution in [3.05, 3.63) is 36.4 Å². The van der Waals surface area contributed by atoms with E-state index < -0.39 is 35.8 Å². The van der Waals surface area contributed by atoms with Crippen LogP contribution in [0.3, 0.4) is 0 Å². The Bertz CT molecular complexity index is 842. The molecule has 0 bridgehead atoms. The maximum Gasteiger partial charge on any atom is 0.375 e. The molecule has 0 fully saturated rings. The van der Waals surface area contributed by atoms with Gasteiger partial charge in [-0.05, 0) is 11.5 Å². The van der Waals surface area contributed by atoms with Crippen molar-refractivity contribution in [3.8, 4) is 5.75 Å². The number of aromatic hydroxyl groups is 1. The van der Waals surface area contributed by atoms with Gasteiger partial charge in [-0.25, -0.2) is 0 Å². The van der Waals surface area contributed by atoms with Gasteiger partial charge in [-0.15, -0.1) is 3.71 Å². The molecule has 0 aliphatic carbocycles. The van der Waals surface area contributed by atoms with Crippen molar-refractivity contribution in [3.63, 3.8) is 0 Å². The average Bonchev–Trinajstić information content (AvgIpc) is 2.29. The third kappa shape index (κ3) is 2.54. The Morgan fingerprint density at radius 2 is 1.40 bits per heavy atom. The molecule has 0 saturated heterocycles. The van der Waals surface area contributed by atoms with Crippen LogP contribution in [0.1, 0.15) is 0 Å². The second-order valence-corrected chi connectivity index (χ2v) is 6.56. The molecule has 20 heavy (non-hydrogen) atoms. The molecular weight excluding hydrogens is 310 g/mol. The molecule has 0 saturated carbocycles. The standard InChI is InChI=1S/C10H9NO7S2/c12-9-6-5-7-3-1-2-4-8(7)10(9)11(19(13,14)15)20(16,17)18/h1-6,12H,(H,13,14,15)(H,16,17,18). The molecule has 0 spiro atoms. The molecule has 10 heteroatoms. The van der Waals surface area contributed by atoms with Crippen LogP contribution in [0.4, 0.5) is 5.69 Å². The normalized spacial score (nSPS) is 12.5. The van der Waals surface area contributed by atoms with Gasteiger partial charge in [0.25, 0.3) is 0 Å². The molecule has 2 aromatic rings. The van der Waals surface area contributed by atoms with Crippen molar-refractivity contribution in [1.29, 1.82) is 0 Å².